The summed E-state index contributed by atoms with van der Waals surface area (Å²) < 4.78 is 17.0. The molecule has 1 unspecified atom stereocenters. The second-order valence-corrected chi connectivity index (χ2v) is 23.1. The molecular formula is C75H130O6. The van der Waals surface area contributed by atoms with Crippen LogP contribution in [0.15, 0.2) is 97.2 Å². The van der Waals surface area contributed by atoms with Gasteiger partial charge in [-0.1, -0.05) is 298 Å². The minimum absolute atomic E-state index is 0.0826. The van der Waals surface area contributed by atoms with Crippen molar-refractivity contribution in [3.63, 3.8) is 0 Å². The maximum absolute atomic E-state index is 12.9. The first-order valence-corrected chi connectivity index (χ1v) is 34.7. The first-order valence-electron chi connectivity index (χ1n) is 34.7. The molecule has 0 saturated carbocycles. The molecule has 0 N–H and O–H groups in total. The van der Waals surface area contributed by atoms with Crippen molar-refractivity contribution >= 4 is 17.9 Å². The molecule has 0 amide bonds. The zero-order valence-corrected chi connectivity index (χ0v) is 53.5. The fraction of sp³-hybridized carbons (Fsp3) is 0.747. The highest BCUT2D eigenvalue weighted by molar-refractivity contribution is 5.71. The average molecular weight is 1130 g/mol. The monoisotopic (exact) mass is 1130 g/mol. The third-order valence-electron chi connectivity index (χ3n) is 15.0. The van der Waals surface area contributed by atoms with E-state index in [9.17, 15) is 14.4 Å². The molecule has 6 nitrogen and oxygen atoms in total. The van der Waals surface area contributed by atoms with Crippen molar-refractivity contribution in [2.75, 3.05) is 13.2 Å². The van der Waals surface area contributed by atoms with Gasteiger partial charge in [-0.25, -0.2) is 0 Å². The lowest BCUT2D eigenvalue weighted by molar-refractivity contribution is -0.167. The number of unbranched alkanes of at least 4 members (excludes halogenated alkanes) is 36. The van der Waals surface area contributed by atoms with Crippen LogP contribution in [0.4, 0.5) is 0 Å². The van der Waals surface area contributed by atoms with E-state index in [1.165, 1.54) is 193 Å². The highest BCUT2D eigenvalue weighted by Gasteiger charge is 2.19. The Labute approximate surface area is 502 Å². The number of rotatable bonds is 63. The van der Waals surface area contributed by atoms with E-state index in [0.29, 0.717) is 19.3 Å². The van der Waals surface area contributed by atoms with E-state index in [1.807, 2.05) is 0 Å². The molecule has 0 aromatic heterocycles. The van der Waals surface area contributed by atoms with E-state index < -0.39 is 6.10 Å². The molecule has 0 aromatic carbocycles. The van der Waals surface area contributed by atoms with Crippen molar-refractivity contribution in [2.45, 2.75) is 348 Å². The van der Waals surface area contributed by atoms with Crippen LogP contribution in [0.5, 0.6) is 0 Å². The van der Waals surface area contributed by atoms with Crippen LogP contribution in [0.25, 0.3) is 0 Å². The molecule has 0 aliphatic carbocycles. The van der Waals surface area contributed by atoms with E-state index >= 15 is 0 Å². The topological polar surface area (TPSA) is 78.9 Å². The van der Waals surface area contributed by atoms with Crippen molar-refractivity contribution in [1.82, 2.24) is 0 Å². The van der Waals surface area contributed by atoms with Gasteiger partial charge in [0.05, 0.1) is 0 Å². The lowest BCUT2D eigenvalue weighted by Gasteiger charge is -2.18. The molecule has 0 aliphatic rings. The maximum atomic E-state index is 12.9. The van der Waals surface area contributed by atoms with E-state index in [-0.39, 0.29) is 31.1 Å². The fourth-order valence-electron chi connectivity index (χ4n) is 9.85. The number of carbonyl (C=O) groups is 3. The molecule has 0 aromatic rings. The lowest BCUT2D eigenvalue weighted by atomic mass is 10.0. The third kappa shape index (κ3) is 67.0. The molecular weight excluding hydrogens is 997 g/mol. The van der Waals surface area contributed by atoms with Crippen molar-refractivity contribution in [2.24, 2.45) is 0 Å². The van der Waals surface area contributed by atoms with Crippen LogP contribution in [0.2, 0.25) is 0 Å². The van der Waals surface area contributed by atoms with Crippen molar-refractivity contribution in [3.05, 3.63) is 97.2 Å². The average Bonchev–Trinajstić information content (AvgIpc) is 3.47. The summed E-state index contributed by atoms with van der Waals surface area (Å²) in [5.41, 5.74) is 0. The van der Waals surface area contributed by atoms with Gasteiger partial charge < -0.3 is 14.2 Å². The molecule has 0 heterocycles. The Morgan fingerprint density at radius 1 is 0.259 bits per heavy atom. The summed E-state index contributed by atoms with van der Waals surface area (Å²) >= 11 is 0. The standard InChI is InChI=1S/C75H130O6/c1-4-7-10-13-16-19-22-25-28-31-33-34-35-36-37-38-39-40-42-44-47-50-53-56-59-62-65-68-74(77)80-71-72(70-79-73(76)67-64-61-58-55-52-49-46-43-30-27-24-21-18-15-12-9-6-3)81-75(78)69-66-63-60-57-54-51-48-45-41-32-29-26-23-20-17-14-11-8-5-2/h7,10,16-17,19-20,25-30,33-34,41,45,72H,4-6,8-9,11-15,18,21-24,31-32,35-40,42-44,46-71H2,1-3H3/b10-7-,19-16-,20-17-,28-25-,29-26-,30-27-,34-33-,45-41-. The second-order valence-electron chi connectivity index (χ2n) is 23.1. The van der Waals surface area contributed by atoms with Crippen LogP contribution in [0, 0.1) is 0 Å². The smallest absolute Gasteiger partial charge is 0.306 e. The number of hydrogen-bond acceptors (Lipinski definition) is 6. The zero-order chi connectivity index (χ0) is 58.5. The van der Waals surface area contributed by atoms with Gasteiger partial charge in [0.2, 0.25) is 0 Å². The van der Waals surface area contributed by atoms with Gasteiger partial charge >= 0.3 is 17.9 Å². The van der Waals surface area contributed by atoms with E-state index in [4.69, 9.17) is 14.2 Å². The van der Waals surface area contributed by atoms with Gasteiger partial charge in [0.1, 0.15) is 13.2 Å². The molecule has 0 fully saturated rings. The molecule has 0 aliphatic heterocycles. The van der Waals surface area contributed by atoms with Crippen LogP contribution in [0.1, 0.15) is 342 Å². The summed E-state index contributed by atoms with van der Waals surface area (Å²) in [5.74, 6) is -0.885. The summed E-state index contributed by atoms with van der Waals surface area (Å²) in [5, 5.41) is 0. The Kier molecular flexibility index (Phi) is 65.7. The van der Waals surface area contributed by atoms with Crippen LogP contribution in [-0.4, -0.2) is 37.2 Å². The van der Waals surface area contributed by atoms with Crippen LogP contribution in [0.3, 0.4) is 0 Å². The van der Waals surface area contributed by atoms with Gasteiger partial charge in [-0.15, -0.1) is 0 Å². The highest BCUT2D eigenvalue weighted by Crippen LogP contribution is 2.17. The summed E-state index contributed by atoms with van der Waals surface area (Å²) in [4.78, 5) is 38.5. The number of ether oxygens (including phenoxy) is 3. The maximum Gasteiger partial charge on any atom is 0.306 e. The molecule has 0 bridgehead atoms. The van der Waals surface area contributed by atoms with Gasteiger partial charge in [-0.2, -0.15) is 0 Å². The Morgan fingerprint density at radius 2 is 0.481 bits per heavy atom. The Morgan fingerprint density at radius 3 is 0.790 bits per heavy atom. The molecule has 0 rings (SSSR count). The molecule has 0 saturated heterocycles. The largest absolute Gasteiger partial charge is 0.462 e. The Balaban J connectivity index is 4.34. The van der Waals surface area contributed by atoms with E-state index in [0.717, 1.165) is 109 Å². The molecule has 0 spiro atoms. The summed E-state index contributed by atoms with van der Waals surface area (Å²) in [7, 11) is 0. The number of esters is 3. The SMILES string of the molecule is CC/C=C\C/C=C\C/C=C\C/C=C\CCCCCCCCCCCCCCCCC(=O)OCC(COC(=O)CCCCCCCCC/C=C\CCCCCCCC)OC(=O)CCCCCCCC/C=C\C/C=C\C/C=C\CCCCC. The van der Waals surface area contributed by atoms with Crippen LogP contribution >= 0.6 is 0 Å². The van der Waals surface area contributed by atoms with Gasteiger partial charge in [-0.05, 0) is 122 Å². The minimum atomic E-state index is -0.788. The predicted molar refractivity (Wildman–Crippen MR) is 353 cm³/mol. The van der Waals surface area contributed by atoms with E-state index in [2.05, 4.69) is 118 Å². The third-order valence-corrected chi connectivity index (χ3v) is 15.0. The summed E-state index contributed by atoms with van der Waals surface area (Å²) in [6.45, 7) is 6.52. The normalized spacial score (nSPS) is 12.7. The zero-order valence-electron chi connectivity index (χ0n) is 53.5. The molecule has 0 radical (unpaired) electrons. The van der Waals surface area contributed by atoms with Crippen molar-refractivity contribution in [1.29, 1.82) is 0 Å². The summed E-state index contributed by atoms with van der Waals surface area (Å²) in [6.07, 6.45) is 92.8. The van der Waals surface area contributed by atoms with Gasteiger partial charge in [0, 0.05) is 19.3 Å². The fourth-order valence-corrected chi connectivity index (χ4v) is 9.85. The molecule has 81 heavy (non-hydrogen) atoms. The Hall–Kier alpha value is -3.67. The van der Waals surface area contributed by atoms with Crippen LogP contribution in [-0.2, 0) is 28.6 Å². The quantitative estimate of drug-likeness (QED) is 0.0261. The Bertz CT molecular complexity index is 1580. The lowest BCUT2D eigenvalue weighted by Crippen LogP contribution is -2.30. The highest BCUT2D eigenvalue weighted by atomic mass is 16.6. The van der Waals surface area contributed by atoms with Crippen molar-refractivity contribution < 1.29 is 28.6 Å². The first-order chi connectivity index (χ1) is 40.0. The summed E-state index contributed by atoms with van der Waals surface area (Å²) in [6, 6.07) is 0. The number of allylic oxidation sites excluding steroid dienone is 16. The van der Waals surface area contributed by atoms with Gasteiger partial charge in [0.25, 0.3) is 0 Å². The predicted octanol–water partition coefficient (Wildman–Crippen LogP) is 24.0. The first kappa shape index (κ1) is 77.3. The second kappa shape index (κ2) is 68.8. The van der Waals surface area contributed by atoms with Crippen molar-refractivity contribution in [3.8, 4) is 0 Å². The molecule has 1 atom stereocenters. The minimum Gasteiger partial charge on any atom is -0.462 e. The molecule has 466 valence electrons. The number of hydrogen-bond donors (Lipinski definition) is 0. The van der Waals surface area contributed by atoms with Gasteiger partial charge in [0.15, 0.2) is 6.10 Å². The number of carbonyl (C=O) groups excluding carboxylic acids is 3. The molecule has 6 heteroatoms. The van der Waals surface area contributed by atoms with Gasteiger partial charge in [-0.3, -0.25) is 14.4 Å². The van der Waals surface area contributed by atoms with Crippen LogP contribution < -0.4 is 0 Å². The van der Waals surface area contributed by atoms with E-state index in [1.54, 1.807) is 0 Å².